The van der Waals surface area contributed by atoms with Gasteiger partial charge in [-0.3, -0.25) is 0 Å². The van der Waals surface area contributed by atoms with Gasteiger partial charge in [-0.25, -0.2) is 9.50 Å². The average molecular weight is 325 g/mol. The summed E-state index contributed by atoms with van der Waals surface area (Å²) >= 11 is 1.59. The van der Waals surface area contributed by atoms with Gasteiger partial charge in [0.1, 0.15) is 5.82 Å². The zero-order chi connectivity index (χ0) is 15.6. The van der Waals surface area contributed by atoms with Crippen molar-refractivity contribution >= 4 is 29.1 Å². The van der Waals surface area contributed by atoms with Crippen molar-refractivity contribution in [1.82, 2.24) is 14.6 Å². The molecule has 0 amide bonds. The maximum Gasteiger partial charge on any atom is 0.154 e. The Labute approximate surface area is 139 Å². The second-order valence-corrected chi connectivity index (χ2v) is 6.45. The summed E-state index contributed by atoms with van der Waals surface area (Å²) in [5.74, 6) is 1.73. The Bertz CT molecular complexity index is 807. The molecule has 0 radical (unpaired) electrons. The highest BCUT2D eigenvalue weighted by Crippen LogP contribution is 2.29. The maximum absolute atomic E-state index is 4.69. The van der Waals surface area contributed by atoms with E-state index in [9.17, 15) is 0 Å². The number of hydrogen-bond acceptors (Lipinski definition) is 5. The van der Waals surface area contributed by atoms with Gasteiger partial charge in [0.2, 0.25) is 0 Å². The number of fused-ring (bicyclic) bond motifs is 1. The Morgan fingerprint density at radius 2 is 2.00 bits per heavy atom. The van der Waals surface area contributed by atoms with Crippen LogP contribution in [0.25, 0.3) is 16.9 Å². The molecule has 1 aliphatic carbocycles. The second kappa shape index (κ2) is 6.12. The normalized spacial score (nSPS) is 14.1. The van der Waals surface area contributed by atoms with Crippen molar-refractivity contribution in [3.05, 3.63) is 42.6 Å². The fourth-order valence-corrected chi connectivity index (χ4v) is 2.93. The predicted molar refractivity (Wildman–Crippen MR) is 96.8 cm³/mol. The van der Waals surface area contributed by atoms with Crippen LogP contribution in [0.1, 0.15) is 12.8 Å². The third kappa shape index (κ3) is 3.12. The molecular weight excluding hydrogens is 306 g/mol. The molecule has 0 saturated heterocycles. The van der Waals surface area contributed by atoms with E-state index in [4.69, 9.17) is 5.10 Å². The van der Waals surface area contributed by atoms with Crippen molar-refractivity contribution in [3.8, 4) is 11.3 Å². The summed E-state index contributed by atoms with van der Waals surface area (Å²) in [7, 11) is 0. The van der Waals surface area contributed by atoms with E-state index in [1.807, 2.05) is 29.1 Å². The zero-order valence-electron chi connectivity index (χ0n) is 13.0. The molecule has 2 aromatic heterocycles. The number of benzene rings is 1. The summed E-state index contributed by atoms with van der Waals surface area (Å²) < 4.78 is 5.14. The van der Waals surface area contributed by atoms with Crippen LogP contribution in [0.2, 0.25) is 0 Å². The highest BCUT2D eigenvalue weighted by Gasteiger charge is 2.20. The van der Waals surface area contributed by atoms with Crippen molar-refractivity contribution in [2.75, 3.05) is 22.8 Å². The first kappa shape index (κ1) is 14.4. The van der Waals surface area contributed by atoms with Gasteiger partial charge in [0.15, 0.2) is 5.65 Å². The van der Waals surface area contributed by atoms with Crippen LogP contribution in [0.15, 0.2) is 42.6 Å². The van der Waals surface area contributed by atoms with Crippen LogP contribution >= 0.6 is 11.9 Å². The number of rotatable bonds is 6. The molecule has 0 spiro atoms. The Balaban J connectivity index is 1.63. The van der Waals surface area contributed by atoms with Crippen LogP contribution < -0.4 is 10.0 Å². The highest BCUT2D eigenvalue weighted by atomic mass is 32.2. The summed E-state index contributed by atoms with van der Waals surface area (Å²) in [5.41, 5.74) is 4.07. The molecule has 0 aliphatic heterocycles. The van der Waals surface area contributed by atoms with Gasteiger partial charge in [0.25, 0.3) is 0 Å². The Hall–Kier alpha value is -2.21. The molecule has 1 aromatic carbocycles. The van der Waals surface area contributed by atoms with Crippen molar-refractivity contribution in [2.24, 2.45) is 5.92 Å². The van der Waals surface area contributed by atoms with Crippen LogP contribution in [-0.2, 0) is 0 Å². The summed E-state index contributed by atoms with van der Waals surface area (Å²) in [4.78, 5) is 4.46. The van der Waals surface area contributed by atoms with Crippen LogP contribution in [0.5, 0.6) is 0 Å². The molecule has 6 heteroatoms. The van der Waals surface area contributed by atoms with E-state index in [1.165, 1.54) is 12.8 Å². The van der Waals surface area contributed by atoms with E-state index in [1.54, 1.807) is 11.9 Å². The molecule has 4 rings (SSSR count). The molecule has 1 fully saturated rings. The molecule has 5 nitrogen and oxygen atoms in total. The molecule has 1 aliphatic rings. The number of nitrogens with one attached hydrogen (secondary N) is 2. The lowest BCUT2D eigenvalue weighted by Gasteiger charge is -2.07. The minimum atomic E-state index is 0.825. The first-order chi connectivity index (χ1) is 11.3. The summed E-state index contributed by atoms with van der Waals surface area (Å²) in [5, 5.41) is 8.11. The third-order valence-electron chi connectivity index (χ3n) is 4.03. The summed E-state index contributed by atoms with van der Waals surface area (Å²) in [6.45, 7) is 1.01. The van der Waals surface area contributed by atoms with Crippen molar-refractivity contribution in [2.45, 2.75) is 12.8 Å². The van der Waals surface area contributed by atoms with Gasteiger partial charge in [-0.15, -0.1) is 5.10 Å². The number of hydrogen-bond donors (Lipinski definition) is 2. The van der Waals surface area contributed by atoms with Gasteiger partial charge in [0, 0.05) is 24.1 Å². The third-order valence-corrected chi connectivity index (χ3v) is 4.47. The molecule has 118 valence electrons. The van der Waals surface area contributed by atoms with Crippen molar-refractivity contribution in [1.29, 1.82) is 0 Å². The summed E-state index contributed by atoms with van der Waals surface area (Å²) in [6, 6.07) is 12.3. The fraction of sp³-hybridized carbons (Fsp3) is 0.294. The zero-order valence-corrected chi connectivity index (χ0v) is 13.8. The molecular formula is C17H19N5S. The quantitative estimate of drug-likeness (QED) is 0.673. The Morgan fingerprint density at radius 3 is 2.74 bits per heavy atom. The van der Waals surface area contributed by atoms with Crippen molar-refractivity contribution < 1.29 is 0 Å². The Kier molecular flexibility index (Phi) is 3.83. The monoisotopic (exact) mass is 325 g/mol. The summed E-state index contributed by atoms with van der Waals surface area (Å²) in [6.07, 6.45) is 6.56. The largest absolute Gasteiger partial charge is 0.368 e. The van der Waals surface area contributed by atoms with Crippen molar-refractivity contribution in [3.63, 3.8) is 0 Å². The molecule has 2 heterocycles. The number of aromatic nitrogens is 3. The van der Waals surface area contributed by atoms with Gasteiger partial charge in [-0.2, -0.15) is 0 Å². The minimum absolute atomic E-state index is 0.825. The topological polar surface area (TPSA) is 54.2 Å². The highest BCUT2D eigenvalue weighted by molar-refractivity contribution is 7.99. The standard InChI is InChI=1S/C17H19N5S/c1-23-21-14-6-4-13(5-7-14)15-11-19-17-9-8-16(20-22(15)17)18-10-12-2-3-12/h4-9,11-12,21H,2-3,10H2,1H3,(H,18,20). The van der Waals surface area contributed by atoms with Gasteiger partial charge in [0.05, 0.1) is 11.9 Å². The van der Waals surface area contributed by atoms with Gasteiger partial charge >= 0.3 is 0 Å². The second-order valence-electron chi connectivity index (χ2n) is 5.84. The molecule has 1 saturated carbocycles. The first-order valence-corrected chi connectivity index (χ1v) is 9.04. The first-order valence-electron chi connectivity index (χ1n) is 7.81. The number of imidazole rings is 1. The minimum Gasteiger partial charge on any atom is -0.368 e. The molecule has 0 atom stereocenters. The molecule has 2 N–H and O–H groups in total. The predicted octanol–water partition coefficient (Wildman–Crippen LogP) is 3.91. The van der Waals surface area contributed by atoms with Crippen LogP contribution in [-0.4, -0.2) is 27.4 Å². The molecule has 0 unspecified atom stereocenters. The lowest BCUT2D eigenvalue weighted by Crippen LogP contribution is -2.07. The van der Waals surface area contributed by atoms with Gasteiger partial charge < -0.3 is 10.0 Å². The molecule has 23 heavy (non-hydrogen) atoms. The van der Waals surface area contributed by atoms with E-state index in [0.29, 0.717) is 0 Å². The van der Waals surface area contributed by atoms with Crippen LogP contribution in [0, 0.1) is 5.92 Å². The lowest BCUT2D eigenvalue weighted by atomic mass is 10.1. The average Bonchev–Trinajstić information content (AvgIpc) is 3.32. The molecule has 0 bridgehead atoms. The van der Waals surface area contributed by atoms with Crippen LogP contribution in [0.3, 0.4) is 0 Å². The fourth-order valence-electron chi connectivity index (χ4n) is 2.56. The van der Waals surface area contributed by atoms with Crippen LogP contribution in [0.4, 0.5) is 11.5 Å². The van der Waals surface area contributed by atoms with E-state index in [-0.39, 0.29) is 0 Å². The maximum atomic E-state index is 4.69. The van der Waals surface area contributed by atoms with Gasteiger partial charge in [-0.05, 0) is 43.0 Å². The van der Waals surface area contributed by atoms with E-state index >= 15 is 0 Å². The lowest BCUT2D eigenvalue weighted by molar-refractivity contribution is 0.862. The smallest absolute Gasteiger partial charge is 0.154 e. The van der Waals surface area contributed by atoms with Gasteiger partial charge in [-0.1, -0.05) is 24.1 Å². The molecule has 3 aromatic rings. The number of anilines is 2. The van der Waals surface area contributed by atoms with E-state index in [0.717, 1.165) is 40.9 Å². The number of nitrogens with zero attached hydrogens (tertiary/aromatic N) is 3. The Morgan fingerprint density at radius 1 is 1.17 bits per heavy atom. The van der Waals surface area contributed by atoms with E-state index in [2.05, 4.69) is 39.3 Å². The SMILES string of the molecule is CSNc1ccc(-c2cnc3ccc(NCC4CC4)nn23)cc1. The van der Waals surface area contributed by atoms with E-state index < -0.39 is 0 Å².